The van der Waals surface area contributed by atoms with E-state index in [9.17, 15) is 19.8 Å². The molecule has 140 valence electrons. The van der Waals surface area contributed by atoms with Crippen LogP contribution in [-0.2, 0) is 4.79 Å². The molecule has 0 fully saturated rings. The fraction of sp³-hybridized carbons (Fsp3) is 0.0909. The van der Waals surface area contributed by atoms with Crippen molar-refractivity contribution < 1.29 is 24.2 Å². The summed E-state index contributed by atoms with van der Waals surface area (Å²) in [7, 11) is 0. The molecule has 1 aliphatic heterocycles. The Bertz CT molecular complexity index is 1100. The number of hydrogen-bond acceptors (Lipinski definition) is 5. The maximum atomic E-state index is 13.0. The quantitative estimate of drug-likeness (QED) is 0.671. The van der Waals surface area contributed by atoms with Gasteiger partial charge < -0.3 is 14.6 Å². The second kappa shape index (κ2) is 6.74. The number of anilines is 1. The fourth-order valence-electron chi connectivity index (χ4n) is 3.43. The van der Waals surface area contributed by atoms with Crippen LogP contribution >= 0.6 is 0 Å². The summed E-state index contributed by atoms with van der Waals surface area (Å²) in [6, 6.07) is 15.6. The van der Waals surface area contributed by atoms with E-state index < -0.39 is 23.5 Å². The van der Waals surface area contributed by atoms with E-state index in [0.29, 0.717) is 11.3 Å². The smallest absolute Gasteiger partial charge is 0.294 e. The number of aromatic hydroxyl groups is 1. The summed E-state index contributed by atoms with van der Waals surface area (Å²) in [6.07, 6.45) is 1.35. The summed E-state index contributed by atoms with van der Waals surface area (Å²) in [5, 5.41) is 20.5. The number of carbonyl (C=O) groups is 2. The van der Waals surface area contributed by atoms with Crippen molar-refractivity contribution >= 4 is 17.4 Å². The van der Waals surface area contributed by atoms with E-state index in [0.717, 1.165) is 5.56 Å². The van der Waals surface area contributed by atoms with Crippen LogP contribution in [-0.4, -0.2) is 21.9 Å². The monoisotopic (exact) mass is 375 g/mol. The second-order valence-electron chi connectivity index (χ2n) is 6.58. The van der Waals surface area contributed by atoms with Gasteiger partial charge >= 0.3 is 0 Å². The number of phenols is 1. The van der Waals surface area contributed by atoms with E-state index in [1.54, 1.807) is 36.4 Å². The molecule has 0 bridgehead atoms. The largest absolute Gasteiger partial charge is 0.508 e. The van der Waals surface area contributed by atoms with E-state index >= 15 is 0 Å². The molecular formula is C22H17NO5. The van der Waals surface area contributed by atoms with Crippen molar-refractivity contribution in [2.75, 3.05) is 4.90 Å². The predicted octanol–water partition coefficient (Wildman–Crippen LogP) is 4.08. The van der Waals surface area contributed by atoms with Gasteiger partial charge in [0, 0.05) is 5.69 Å². The lowest BCUT2D eigenvalue weighted by molar-refractivity contribution is -0.117. The highest BCUT2D eigenvalue weighted by atomic mass is 16.3. The number of aryl methyl sites for hydroxylation is 1. The average molecular weight is 375 g/mol. The molecule has 1 aromatic heterocycles. The Labute approximate surface area is 161 Å². The standard InChI is InChI=1S/C22H17NO5/c1-13-5-2-7-15(11-13)23-19(14-6-3-8-16(24)12-14)18(21(26)22(23)27)20(25)17-9-4-10-28-17/h2-12,19,24,26H,1H3. The Balaban J connectivity index is 1.91. The van der Waals surface area contributed by atoms with Crippen LogP contribution in [0.25, 0.3) is 0 Å². The third kappa shape index (κ3) is 2.85. The number of aliphatic hydroxyl groups is 1. The van der Waals surface area contributed by atoms with Gasteiger partial charge in [-0.15, -0.1) is 0 Å². The first kappa shape index (κ1) is 17.6. The van der Waals surface area contributed by atoms with Crippen molar-refractivity contribution in [2.45, 2.75) is 13.0 Å². The summed E-state index contributed by atoms with van der Waals surface area (Å²) >= 11 is 0. The average Bonchev–Trinajstić information content (AvgIpc) is 3.29. The van der Waals surface area contributed by atoms with Crippen LogP contribution in [0, 0.1) is 6.92 Å². The third-order valence-electron chi connectivity index (χ3n) is 4.66. The number of rotatable bonds is 4. The fourth-order valence-corrected chi connectivity index (χ4v) is 3.43. The molecule has 4 rings (SSSR count). The molecular weight excluding hydrogens is 358 g/mol. The third-order valence-corrected chi connectivity index (χ3v) is 4.66. The maximum Gasteiger partial charge on any atom is 0.294 e. The van der Waals surface area contributed by atoms with E-state index in [2.05, 4.69) is 0 Å². The molecule has 6 nitrogen and oxygen atoms in total. The predicted molar refractivity (Wildman–Crippen MR) is 102 cm³/mol. The van der Waals surface area contributed by atoms with Gasteiger partial charge in [0.2, 0.25) is 5.78 Å². The normalized spacial score (nSPS) is 16.7. The first-order chi connectivity index (χ1) is 13.5. The van der Waals surface area contributed by atoms with Crippen LogP contribution in [0.2, 0.25) is 0 Å². The molecule has 0 aliphatic carbocycles. The Morgan fingerprint density at radius 3 is 2.50 bits per heavy atom. The van der Waals surface area contributed by atoms with E-state index in [4.69, 9.17) is 4.42 Å². The molecule has 2 aromatic carbocycles. The van der Waals surface area contributed by atoms with Gasteiger partial charge in [0.05, 0.1) is 17.9 Å². The van der Waals surface area contributed by atoms with Crippen LogP contribution in [0.4, 0.5) is 5.69 Å². The lowest BCUT2D eigenvalue weighted by atomic mass is 9.94. The lowest BCUT2D eigenvalue weighted by Gasteiger charge is -2.27. The van der Waals surface area contributed by atoms with Gasteiger partial charge in [0.1, 0.15) is 5.75 Å². The minimum Gasteiger partial charge on any atom is -0.508 e. The minimum absolute atomic E-state index is 0.00896. The molecule has 1 aliphatic rings. The highest BCUT2D eigenvalue weighted by Gasteiger charge is 2.45. The summed E-state index contributed by atoms with van der Waals surface area (Å²) in [5.41, 5.74) is 1.86. The zero-order valence-corrected chi connectivity index (χ0v) is 15.0. The minimum atomic E-state index is -0.904. The zero-order chi connectivity index (χ0) is 19.8. The molecule has 1 amide bonds. The first-order valence-electron chi connectivity index (χ1n) is 8.68. The number of ketones is 1. The van der Waals surface area contributed by atoms with E-state index in [-0.39, 0.29) is 17.1 Å². The van der Waals surface area contributed by atoms with Crippen molar-refractivity contribution in [3.8, 4) is 5.75 Å². The summed E-state index contributed by atoms with van der Waals surface area (Å²) in [5.74, 6) is -1.89. The Kier molecular flexibility index (Phi) is 4.24. The molecule has 0 saturated carbocycles. The molecule has 2 heterocycles. The van der Waals surface area contributed by atoms with Crippen molar-refractivity contribution in [1.29, 1.82) is 0 Å². The summed E-state index contributed by atoms with van der Waals surface area (Å²) in [4.78, 5) is 27.3. The highest BCUT2D eigenvalue weighted by Crippen LogP contribution is 2.42. The van der Waals surface area contributed by atoms with Crippen molar-refractivity contribution in [2.24, 2.45) is 0 Å². The molecule has 0 saturated heterocycles. The number of carbonyl (C=O) groups excluding carboxylic acids is 2. The molecule has 2 N–H and O–H groups in total. The van der Waals surface area contributed by atoms with E-state index in [1.165, 1.54) is 29.4 Å². The lowest BCUT2D eigenvalue weighted by Crippen LogP contribution is -2.31. The molecule has 1 atom stereocenters. The van der Waals surface area contributed by atoms with Crippen LogP contribution in [0.1, 0.15) is 27.7 Å². The molecule has 1 unspecified atom stereocenters. The maximum absolute atomic E-state index is 13.0. The van der Waals surface area contributed by atoms with Crippen LogP contribution in [0.5, 0.6) is 5.75 Å². The van der Waals surface area contributed by atoms with Crippen molar-refractivity contribution in [3.63, 3.8) is 0 Å². The molecule has 6 heteroatoms. The van der Waals surface area contributed by atoms with Gasteiger partial charge in [-0.2, -0.15) is 0 Å². The van der Waals surface area contributed by atoms with Gasteiger partial charge in [-0.25, -0.2) is 0 Å². The highest BCUT2D eigenvalue weighted by molar-refractivity contribution is 6.20. The first-order valence-corrected chi connectivity index (χ1v) is 8.68. The Morgan fingerprint density at radius 1 is 1.04 bits per heavy atom. The van der Waals surface area contributed by atoms with Gasteiger partial charge in [-0.3, -0.25) is 14.5 Å². The van der Waals surface area contributed by atoms with E-state index in [1.807, 2.05) is 13.0 Å². The molecule has 3 aromatic rings. The Hall–Kier alpha value is -3.80. The number of hydrogen-bond donors (Lipinski definition) is 2. The van der Waals surface area contributed by atoms with Crippen LogP contribution in [0.15, 0.2) is 82.7 Å². The number of aliphatic hydroxyl groups excluding tert-OH is 1. The zero-order valence-electron chi connectivity index (χ0n) is 15.0. The molecule has 28 heavy (non-hydrogen) atoms. The number of nitrogens with zero attached hydrogens (tertiary/aromatic N) is 1. The summed E-state index contributed by atoms with van der Waals surface area (Å²) in [6.45, 7) is 1.88. The number of phenolic OH excluding ortho intramolecular Hbond substituents is 1. The van der Waals surface area contributed by atoms with Crippen LogP contribution < -0.4 is 4.90 Å². The van der Waals surface area contributed by atoms with Gasteiger partial charge in [-0.1, -0.05) is 24.3 Å². The number of furan rings is 1. The number of Topliss-reactive ketones (excluding diaryl/α,β-unsaturated/α-hetero) is 1. The topological polar surface area (TPSA) is 91.0 Å². The van der Waals surface area contributed by atoms with Crippen LogP contribution in [0.3, 0.4) is 0 Å². The second-order valence-corrected chi connectivity index (χ2v) is 6.58. The van der Waals surface area contributed by atoms with Gasteiger partial charge in [-0.05, 0) is 54.4 Å². The summed E-state index contributed by atoms with van der Waals surface area (Å²) < 4.78 is 5.19. The number of amides is 1. The van der Waals surface area contributed by atoms with Gasteiger partial charge in [0.25, 0.3) is 5.91 Å². The van der Waals surface area contributed by atoms with Crippen molar-refractivity contribution in [3.05, 3.63) is 95.1 Å². The molecule has 0 radical (unpaired) electrons. The SMILES string of the molecule is Cc1cccc(N2C(=O)C(O)=C(C(=O)c3ccco3)C2c2cccc(O)c2)c1. The van der Waals surface area contributed by atoms with Gasteiger partial charge in [0.15, 0.2) is 11.5 Å². The molecule has 0 spiro atoms. The Morgan fingerprint density at radius 2 is 1.82 bits per heavy atom. The van der Waals surface area contributed by atoms with Crippen molar-refractivity contribution in [1.82, 2.24) is 0 Å². The number of benzene rings is 2.